The molecule has 25 heavy (non-hydrogen) atoms. The second-order valence-electron chi connectivity index (χ2n) is 6.61. The van der Waals surface area contributed by atoms with Gasteiger partial charge in [-0.2, -0.15) is 0 Å². The Balaban J connectivity index is 1.30. The molecule has 3 nitrogen and oxygen atoms in total. The normalized spacial score (nSPS) is 13.6. The summed E-state index contributed by atoms with van der Waals surface area (Å²) in [4.78, 5) is 18.6. The Kier molecular flexibility index (Phi) is 4.79. The smallest absolute Gasteiger partial charge is 0.251 e. The summed E-state index contributed by atoms with van der Waals surface area (Å²) in [5.41, 5.74) is 2.05. The summed E-state index contributed by atoms with van der Waals surface area (Å²) in [5, 5.41) is 6.52. The Morgan fingerprint density at radius 3 is 2.80 bits per heavy atom. The second kappa shape index (κ2) is 7.36. The number of aryl methyl sites for hydroxylation is 3. The summed E-state index contributed by atoms with van der Waals surface area (Å²) in [7, 11) is 0. The lowest BCUT2D eigenvalue weighted by Gasteiger charge is -2.06. The van der Waals surface area contributed by atoms with Gasteiger partial charge in [0.25, 0.3) is 5.91 Å². The van der Waals surface area contributed by atoms with Gasteiger partial charge in [0.05, 0.1) is 10.7 Å². The van der Waals surface area contributed by atoms with Gasteiger partial charge in [0.15, 0.2) is 0 Å². The minimum absolute atomic E-state index is 0.00388. The first-order valence-electron chi connectivity index (χ1n) is 9.04. The van der Waals surface area contributed by atoms with Crippen LogP contribution in [0.25, 0.3) is 10.8 Å². The van der Waals surface area contributed by atoms with Crippen molar-refractivity contribution in [1.82, 2.24) is 10.3 Å². The third-order valence-electron chi connectivity index (χ3n) is 4.75. The molecule has 0 atom stereocenters. The molecule has 1 aliphatic rings. The zero-order valence-electron chi connectivity index (χ0n) is 14.3. The zero-order chi connectivity index (χ0) is 17.1. The first-order chi connectivity index (χ1) is 12.3. The van der Waals surface area contributed by atoms with E-state index in [0.717, 1.165) is 35.6 Å². The summed E-state index contributed by atoms with van der Waals surface area (Å²) in [6, 6.07) is 14.0. The molecule has 0 saturated heterocycles. The molecule has 128 valence electrons. The molecular formula is C21H22N2OS. The molecule has 0 radical (unpaired) electrons. The van der Waals surface area contributed by atoms with Crippen molar-refractivity contribution in [3.05, 3.63) is 63.6 Å². The number of nitrogens with zero attached hydrogens (tertiary/aromatic N) is 1. The fraction of sp³-hybridized carbons (Fsp3) is 0.333. The van der Waals surface area contributed by atoms with Crippen LogP contribution in [0.3, 0.4) is 0 Å². The second-order valence-corrected chi connectivity index (χ2v) is 7.77. The van der Waals surface area contributed by atoms with E-state index in [2.05, 4.69) is 11.4 Å². The number of nitrogens with one attached hydrogen (secondary N) is 1. The van der Waals surface area contributed by atoms with Crippen molar-refractivity contribution in [2.45, 2.75) is 38.5 Å². The van der Waals surface area contributed by atoms with Crippen molar-refractivity contribution >= 4 is 28.0 Å². The molecule has 2 aromatic carbocycles. The summed E-state index contributed by atoms with van der Waals surface area (Å²) < 4.78 is 0. The molecule has 0 saturated carbocycles. The molecule has 4 heteroatoms. The predicted molar refractivity (Wildman–Crippen MR) is 103 cm³/mol. The predicted octanol–water partition coefficient (Wildman–Crippen LogP) is 4.54. The van der Waals surface area contributed by atoms with E-state index in [4.69, 9.17) is 4.98 Å². The fourth-order valence-electron chi connectivity index (χ4n) is 3.39. The zero-order valence-corrected chi connectivity index (χ0v) is 15.1. The summed E-state index contributed by atoms with van der Waals surface area (Å²) >= 11 is 1.87. The van der Waals surface area contributed by atoms with Crippen LogP contribution in [0.5, 0.6) is 0 Å². The molecule has 1 aromatic heterocycles. The maximum Gasteiger partial charge on any atom is 0.251 e. The van der Waals surface area contributed by atoms with Crippen LogP contribution in [-0.2, 0) is 19.3 Å². The molecule has 3 aromatic rings. The minimum Gasteiger partial charge on any atom is -0.352 e. The van der Waals surface area contributed by atoms with Gasteiger partial charge < -0.3 is 5.32 Å². The van der Waals surface area contributed by atoms with Crippen molar-refractivity contribution < 1.29 is 4.79 Å². The molecule has 1 heterocycles. The van der Waals surface area contributed by atoms with Gasteiger partial charge in [-0.3, -0.25) is 4.79 Å². The number of amides is 1. The number of thiazole rings is 1. The van der Waals surface area contributed by atoms with Gasteiger partial charge in [0, 0.05) is 23.4 Å². The van der Waals surface area contributed by atoms with Gasteiger partial charge in [-0.15, -0.1) is 11.3 Å². The van der Waals surface area contributed by atoms with Crippen LogP contribution in [0, 0.1) is 0 Å². The molecule has 4 rings (SSSR count). The fourth-order valence-corrected chi connectivity index (χ4v) is 4.59. The molecule has 0 spiro atoms. The third-order valence-corrected chi connectivity index (χ3v) is 5.97. The van der Waals surface area contributed by atoms with Gasteiger partial charge >= 0.3 is 0 Å². The van der Waals surface area contributed by atoms with Gasteiger partial charge in [-0.05, 0) is 55.0 Å². The summed E-state index contributed by atoms with van der Waals surface area (Å²) in [6.45, 7) is 0.690. The average Bonchev–Trinajstić information content (AvgIpc) is 3.07. The highest BCUT2D eigenvalue weighted by Gasteiger charge is 2.14. The van der Waals surface area contributed by atoms with Gasteiger partial charge in [-0.25, -0.2) is 4.98 Å². The molecule has 0 unspecified atom stereocenters. The van der Waals surface area contributed by atoms with Crippen molar-refractivity contribution in [3.63, 3.8) is 0 Å². The molecular weight excluding hydrogens is 328 g/mol. The number of fused-ring (bicyclic) bond motifs is 2. The number of aromatic nitrogens is 1. The number of benzene rings is 2. The first kappa shape index (κ1) is 16.3. The van der Waals surface area contributed by atoms with Crippen molar-refractivity contribution in [3.8, 4) is 0 Å². The minimum atomic E-state index is 0.00388. The average molecular weight is 350 g/mol. The highest BCUT2D eigenvalue weighted by Crippen LogP contribution is 2.27. The van der Waals surface area contributed by atoms with E-state index in [-0.39, 0.29) is 5.91 Å². The number of carbonyl (C=O) groups is 1. The van der Waals surface area contributed by atoms with Crippen LogP contribution in [0.1, 0.15) is 45.2 Å². The monoisotopic (exact) mass is 350 g/mol. The van der Waals surface area contributed by atoms with Crippen molar-refractivity contribution in [1.29, 1.82) is 0 Å². The summed E-state index contributed by atoms with van der Waals surface area (Å²) in [6.07, 6.45) is 6.81. The van der Waals surface area contributed by atoms with Crippen molar-refractivity contribution in [2.24, 2.45) is 0 Å². The topological polar surface area (TPSA) is 42.0 Å². The van der Waals surface area contributed by atoms with E-state index in [1.165, 1.54) is 34.8 Å². The lowest BCUT2D eigenvalue weighted by Crippen LogP contribution is -2.24. The maximum atomic E-state index is 12.3. The summed E-state index contributed by atoms with van der Waals surface area (Å²) in [5.74, 6) is 0.00388. The number of hydrogen-bond acceptors (Lipinski definition) is 3. The Hall–Kier alpha value is -2.20. The van der Waals surface area contributed by atoms with Crippen LogP contribution in [0.4, 0.5) is 0 Å². The van der Waals surface area contributed by atoms with Gasteiger partial charge in [-0.1, -0.05) is 30.3 Å². The van der Waals surface area contributed by atoms with E-state index >= 15 is 0 Å². The Bertz CT molecular complexity index is 876. The van der Waals surface area contributed by atoms with E-state index < -0.39 is 0 Å². The Morgan fingerprint density at radius 1 is 1.08 bits per heavy atom. The molecule has 1 N–H and O–H groups in total. The number of hydrogen-bond donors (Lipinski definition) is 1. The third kappa shape index (κ3) is 3.74. The van der Waals surface area contributed by atoms with Crippen LogP contribution >= 0.6 is 11.3 Å². The van der Waals surface area contributed by atoms with E-state index in [1.54, 1.807) is 0 Å². The SMILES string of the molecule is O=C(NCCCc1nc2c(s1)CCCC2)c1ccc2ccccc2c1. The van der Waals surface area contributed by atoms with Crippen LogP contribution in [0.2, 0.25) is 0 Å². The van der Waals surface area contributed by atoms with Crippen molar-refractivity contribution in [2.75, 3.05) is 6.54 Å². The lowest BCUT2D eigenvalue weighted by atomic mass is 10.0. The standard InChI is InChI=1S/C21H22N2OS/c24-21(17-12-11-15-6-1-2-7-16(15)14-17)22-13-5-10-20-23-18-8-3-4-9-19(18)25-20/h1-2,6-7,11-12,14H,3-5,8-10,13H2,(H,22,24). The first-order valence-corrected chi connectivity index (χ1v) is 9.86. The van der Waals surface area contributed by atoms with E-state index in [1.807, 2.05) is 47.7 Å². The Morgan fingerprint density at radius 2 is 1.92 bits per heavy atom. The van der Waals surface area contributed by atoms with Gasteiger partial charge in [0.1, 0.15) is 0 Å². The van der Waals surface area contributed by atoms with Crippen LogP contribution in [0.15, 0.2) is 42.5 Å². The van der Waals surface area contributed by atoms with E-state index in [9.17, 15) is 4.79 Å². The molecule has 0 aliphatic heterocycles. The largest absolute Gasteiger partial charge is 0.352 e. The van der Waals surface area contributed by atoms with Crippen LogP contribution < -0.4 is 5.32 Å². The maximum absolute atomic E-state index is 12.3. The quantitative estimate of drug-likeness (QED) is 0.687. The Labute approximate surface area is 152 Å². The number of carbonyl (C=O) groups excluding carboxylic acids is 1. The lowest BCUT2D eigenvalue weighted by molar-refractivity contribution is 0.0953. The number of rotatable bonds is 5. The van der Waals surface area contributed by atoms with Gasteiger partial charge in [0.2, 0.25) is 0 Å². The van der Waals surface area contributed by atoms with Crippen LogP contribution in [-0.4, -0.2) is 17.4 Å². The molecule has 0 fully saturated rings. The highest BCUT2D eigenvalue weighted by atomic mass is 32.1. The molecule has 1 aliphatic carbocycles. The molecule has 1 amide bonds. The van der Waals surface area contributed by atoms with E-state index in [0.29, 0.717) is 6.54 Å². The highest BCUT2D eigenvalue weighted by molar-refractivity contribution is 7.11. The molecule has 0 bridgehead atoms.